The Labute approximate surface area is 199 Å². The van der Waals surface area contributed by atoms with E-state index in [1.807, 2.05) is 58.0 Å². The van der Waals surface area contributed by atoms with E-state index in [-0.39, 0.29) is 29.9 Å². The minimum atomic E-state index is 0. The lowest BCUT2D eigenvalue weighted by Crippen LogP contribution is -2.37. The highest BCUT2D eigenvalue weighted by atomic mass is 127. The lowest BCUT2D eigenvalue weighted by Gasteiger charge is -2.26. The standard InChI is InChI=1S/C22H27N7O.HI/c1-23-22(25-16-20-27-26-19-7-3-6-14-29(19)20)24-15-17-8-10-18(11-9-17)21(30)28-12-4-2-5-13-28;/h3,6-11,14H,2,4-5,12-13,15-16H2,1H3,(H2,23,24,25);1H. The van der Waals surface area contributed by atoms with Gasteiger partial charge in [-0.25, -0.2) is 0 Å². The Morgan fingerprint density at radius 3 is 2.48 bits per heavy atom. The number of hydrogen-bond acceptors (Lipinski definition) is 4. The number of fused-ring (bicyclic) bond motifs is 1. The van der Waals surface area contributed by atoms with Crippen LogP contribution in [0.3, 0.4) is 0 Å². The Morgan fingerprint density at radius 2 is 1.74 bits per heavy atom. The summed E-state index contributed by atoms with van der Waals surface area (Å²) in [6.45, 7) is 2.85. The maximum atomic E-state index is 12.6. The number of nitrogens with zero attached hydrogens (tertiary/aromatic N) is 5. The maximum absolute atomic E-state index is 12.6. The smallest absolute Gasteiger partial charge is 0.253 e. The largest absolute Gasteiger partial charge is 0.352 e. The van der Waals surface area contributed by atoms with Crippen molar-refractivity contribution < 1.29 is 4.79 Å². The van der Waals surface area contributed by atoms with Crippen LogP contribution in [0.4, 0.5) is 0 Å². The van der Waals surface area contributed by atoms with E-state index in [1.165, 1.54) is 6.42 Å². The molecule has 0 spiro atoms. The van der Waals surface area contributed by atoms with Crippen molar-refractivity contribution in [3.05, 3.63) is 65.6 Å². The lowest BCUT2D eigenvalue weighted by atomic mass is 10.1. The molecule has 0 radical (unpaired) electrons. The molecular weight excluding hydrogens is 505 g/mol. The molecule has 2 N–H and O–H groups in total. The Kier molecular flexibility index (Phi) is 8.21. The van der Waals surface area contributed by atoms with Gasteiger partial charge in [-0.1, -0.05) is 18.2 Å². The molecule has 3 aromatic rings. The number of benzene rings is 1. The quantitative estimate of drug-likeness (QED) is 0.299. The molecule has 31 heavy (non-hydrogen) atoms. The summed E-state index contributed by atoms with van der Waals surface area (Å²) in [4.78, 5) is 18.8. The van der Waals surface area contributed by atoms with Crippen molar-refractivity contribution in [2.24, 2.45) is 4.99 Å². The van der Waals surface area contributed by atoms with E-state index in [9.17, 15) is 4.79 Å². The molecule has 1 aliphatic heterocycles. The number of hydrogen-bond donors (Lipinski definition) is 2. The number of likely N-dealkylation sites (tertiary alicyclic amines) is 1. The van der Waals surface area contributed by atoms with Crippen LogP contribution >= 0.6 is 24.0 Å². The molecule has 1 fully saturated rings. The number of aliphatic imine (C=N–C) groups is 1. The van der Waals surface area contributed by atoms with Gasteiger partial charge in [0, 0.05) is 38.4 Å². The fourth-order valence-electron chi connectivity index (χ4n) is 3.63. The van der Waals surface area contributed by atoms with Crippen molar-refractivity contribution >= 4 is 41.5 Å². The molecule has 0 bridgehead atoms. The molecule has 1 aromatic carbocycles. The third kappa shape index (κ3) is 5.72. The number of carbonyl (C=O) groups excluding carboxylic acids is 1. The molecule has 4 rings (SSSR count). The number of halogens is 1. The number of piperidine rings is 1. The van der Waals surface area contributed by atoms with Crippen molar-refractivity contribution in [1.29, 1.82) is 0 Å². The van der Waals surface area contributed by atoms with Crippen LogP contribution in [-0.4, -0.2) is 51.5 Å². The number of carbonyl (C=O) groups is 1. The van der Waals surface area contributed by atoms with E-state index in [1.54, 1.807) is 7.05 Å². The summed E-state index contributed by atoms with van der Waals surface area (Å²) in [5.74, 6) is 1.62. The number of nitrogens with one attached hydrogen (secondary N) is 2. The van der Waals surface area contributed by atoms with Crippen LogP contribution in [0.2, 0.25) is 0 Å². The molecule has 1 saturated heterocycles. The molecule has 3 heterocycles. The van der Waals surface area contributed by atoms with Crippen molar-refractivity contribution in [3.8, 4) is 0 Å². The summed E-state index contributed by atoms with van der Waals surface area (Å²) < 4.78 is 1.94. The first-order chi connectivity index (χ1) is 14.7. The van der Waals surface area contributed by atoms with Gasteiger partial charge in [0.1, 0.15) is 0 Å². The van der Waals surface area contributed by atoms with Crippen LogP contribution in [0.25, 0.3) is 5.65 Å². The van der Waals surface area contributed by atoms with E-state index in [0.29, 0.717) is 19.0 Å². The monoisotopic (exact) mass is 533 g/mol. The van der Waals surface area contributed by atoms with Gasteiger partial charge in [0.05, 0.1) is 6.54 Å². The van der Waals surface area contributed by atoms with E-state index in [2.05, 4.69) is 25.8 Å². The first-order valence-electron chi connectivity index (χ1n) is 10.4. The van der Waals surface area contributed by atoms with Crippen molar-refractivity contribution in [1.82, 2.24) is 30.1 Å². The predicted octanol–water partition coefficient (Wildman–Crippen LogP) is 2.84. The van der Waals surface area contributed by atoms with Gasteiger partial charge in [-0.2, -0.15) is 0 Å². The fourth-order valence-corrected chi connectivity index (χ4v) is 3.63. The van der Waals surface area contributed by atoms with Gasteiger partial charge < -0.3 is 15.5 Å². The first-order valence-corrected chi connectivity index (χ1v) is 10.4. The van der Waals surface area contributed by atoms with Gasteiger partial charge in [0.25, 0.3) is 5.91 Å². The minimum absolute atomic E-state index is 0. The zero-order chi connectivity index (χ0) is 20.8. The second kappa shape index (κ2) is 11.1. The summed E-state index contributed by atoms with van der Waals surface area (Å²) >= 11 is 0. The van der Waals surface area contributed by atoms with Gasteiger partial charge in [-0.05, 0) is 49.1 Å². The Balaban J connectivity index is 0.00000272. The average Bonchev–Trinajstić information content (AvgIpc) is 3.23. The summed E-state index contributed by atoms with van der Waals surface area (Å²) in [7, 11) is 1.73. The minimum Gasteiger partial charge on any atom is -0.352 e. The number of amides is 1. The van der Waals surface area contributed by atoms with Crippen LogP contribution in [0, 0.1) is 0 Å². The highest BCUT2D eigenvalue weighted by Crippen LogP contribution is 2.14. The van der Waals surface area contributed by atoms with Crippen LogP contribution in [-0.2, 0) is 13.1 Å². The summed E-state index contributed by atoms with van der Waals surface area (Å²) in [5, 5.41) is 14.9. The molecule has 9 heteroatoms. The Bertz CT molecular complexity index is 1030. The molecule has 164 valence electrons. The summed E-state index contributed by atoms with van der Waals surface area (Å²) in [6.07, 6.45) is 5.36. The van der Waals surface area contributed by atoms with E-state index in [0.717, 1.165) is 48.5 Å². The summed E-state index contributed by atoms with van der Waals surface area (Å²) in [6, 6.07) is 13.6. The highest BCUT2D eigenvalue weighted by molar-refractivity contribution is 14.0. The molecule has 2 aromatic heterocycles. The zero-order valence-electron chi connectivity index (χ0n) is 17.6. The maximum Gasteiger partial charge on any atom is 0.253 e. The molecular formula is C22H28IN7O. The number of guanidine groups is 1. The second-order valence-corrected chi connectivity index (χ2v) is 7.37. The van der Waals surface area contributed by atoms with Crippen LogP contribution < -0.4 is 10.6 Å². The van der Waals surface area contributed by atoms with Crippen LogP contribution in [0.5, 0.6) is 0 Å². The normalized spacial score (nSPS) is 14.2. The molecule has 1 aliphatic rings. The van der Waals surface area contributed by atoms with Gasteiger partial charge in [0.2, 0.25) is 0 Å². The molecule has 0 saturated carbocycles. The van der Waals surface area contributed by atoms with Crippen molar-refractivity contribution in [2.45, 2.75) is 32.4 Å². The fraction of sp³-hybridized carbons (Fsp3) is 0.364. The van der Waals surface area contributed by atoms with E-state index in [4.69, 9.17) is 0 Å². The number of aromatic nitrogens is 3. The van der Waals surface area contributed by atoms with Crippen molar-refractivity contribution in [2.75, 3.05) is 20.1 Å². The van der Waals surface area contributed by atoms with Gasteiger partial charge >= 0.3 is 0 Å². The predicted molar refractivity (Wildman–Crippen MR) is 132 cm³/mol. The molecule has 0 unspecified atom stereocenters. The Hall–Kier alpha value is -2.69. The third-order valence-electron chi connectivity index (χ3n) is 5.33. The van der Waals surface area contributed by atoms with Gasteiger partial charge in [-0.3, -0.25) is 14.2 Å². The van der Waals surface area contributed by atoms with Crippen molar-refractivity contribution in [3.63, 3.8) is 0 Å². The Morgan fingerprint density at radius 1 is 1.00 bits per heavy atom. The van der Waals surface area contributed by atoms with Gasteiger partial charge in [0.15, 0.2) is 17.4 Å². The van der Waals surface area contributed by atoms with Crippen LogP contribution in [0.1, 0.15) is 41.0 Å². The number of rotatable bonds is 5. The third-order valence-corrected chi connectivity index (χ3v) is 5.33. The van der Waals surface area contributed by atoms with Crippen LogP contribution in [0.15, 0.2) is 53.7 Å². The average molecular weight is 533 g/mol. The molecule has 0 atom stereocenters. The second-order valence-electron chi connectivity index (χ2n) is 7.37. The molecule has 1 amide bonds. The SMILES string of the molecule is CN=C(NCc1ccc(C(=O)N2CCCCC2)cc1)NCc1nnc2ccccn12.I. The lowest BCUT2D eigenvalue weighted by molar-refractivity contribution is 0.0724. The first kappa shape index (κ1) is 23.0. The zero-order valence-corrected chi connectivity index (χ0v) is 20.0. The van der Waals surface area contributed by atoms with Gasteiger partial charge in [-0.15, -0.1) is 34.2 Å². The number of pyridine rings is 1. The molecule has 8 nitrogen and oxygen atoms in total. The van der Waals surface area contributed by atoms with E-state index < -0.39 is 0 Å². The molecule has 0 aliphatic carbocycles. The summed E-state index contributed by atoms with van der Waals surface area (Å²) in [5.41, 5.74) is 2.65. The highest BCUT2D eigenvalue weighted by Gasteiger charge is 2.17. The topological polar surface area (TPSA) is 86.9 Å². The van der Waals surface area contributed by atoms with E-state index >= 15 is 0 Å².